The zero-order valence-electron chi connectivity index (χ0n) is 11.6. The second-order valence-corrected chi connectivity index (χ2v) is 4.03. The van der Waals surface area contributed by atoms with Gasteiger partial charge in [0.25, 0.3) is 0 Å². The van der Waals surface area contributed by atoms with E-state index in [-0.39, 0.29) is 5.97 Å². The lowest BCUT2D eigenvalue weighted by molar-refractivity contribution is 0.0601. The molecule has 0 aliphatic heterocycles. The molecule has 0 aromatic heterocycles. The van der Waals surface area contributed by atoms with Crippen LogP contribution in [0.15, 0.2) is 36.4 Å². The first-order chi connectivity index (χ1) is 9.71. The van der Waals surface area contributed by atoms with Crippen LogP contribution in [0.25, 0.3) is 11.1 Å². The van der Waals surface area contributed by atoms with E-state index in [1.54, 1.807) is 32.4 Å². The van der Waals surface area contributed by atoms with Crippen LogP contribution in [-0.4, -0.2) is 27.3 Å². The summed E-state index contributed by atoms with van der Waals surface area (Å²) in [4.78, 5) is 11.4. The summed E-state index contributed by atoms with van der Waals surface area (Å²) in [6.45, 7) is 0. The molecule has 0 unspecified atom stereocenters. The Morgan fingerprint density at radius 3 is 2.25 bits per heavy atom. The highest BCUT2D eigenvalue weighted by molar-refractivity contribution is 5.90. The topological polar surface area (TPSA) is 44.8 Å². The minimum absolute atomic E-state index is 0.359. The highest BCUT2D eigenvalue weighted by atomic mass is 16.5. The summed E-state index contributed by atoms with van der Waals surface area (Å²) in [6.07, 6.45) is 0. The van der Waals surface area contributed by atoms with Crippen molar-refractivity contribution < 1.29 is 19.0 Å². The molecular formula is C16H15O4. The number of carbonyl (C=O) groups excluding carboxylic acids is 1. The van der Waals surface area contributed by atoms with E-state index in [4.69, 9.17) is 9.47 Å². The van der Waals surface area contributed by atoms with Crippen LogP contribution in [0.2, 0.25) is 0 Å². The average molecular weight is 271 g/mol. The van der Waals surface area contributed by atoms with Crippen molar-refractivity contribution >= 4 is 5.97 Å². The third kappa shape index (κ3) is 2.59. The Morgan fingerprint density at radius 1 is 1.00 bits per heavy atom. The highest BCUT2D eigenvalue weighted by Crippen LogP contribution is 2.37. The number of hydrogen-bond acceptors (Lipinski definition) is 4. The number of carbonyl (C=O) groups is 1. The predicted molar refractivity (Wildman–Crippen MR) is 75.2 cm³/mol. The van der Waals surface area contributed by atoms with Gasteiger partial charge in [0.1, 0.15) is 0 Å². The van der Waals surface area contributed by atoms with Crippen molar-refractivity contribution in [1.29, 1.82) is 0 Å². The first kappa shape index (κ1) is 13.9. The second-order valence-electron chi connectivity index (χ2n) is 4.03. The standard InChI is InChI=1S/C16H15O4/c1-18-14-6-4-5-13(15(14)19-2)11-7-9-12(10-8-11)16(17)20-3/h4-5,7-10H,1-3H3. The fourth-order valence-electron chi connectivity index (χ4n) is 1.95. The molecule has 0 spiro atoms. The molecule has 0 amide bonds. The fourth-order valence-corrected chi connectivity index (χ4v) is 1.95. The van der Waals surface area contributed by atoms with E-state index in [9.17, 15) is 4.79 Å². The number of ether oxygens (including phenoxy) is 3. The van der Waals surface area contributed by atoms with Crippen molar-refractivity contribution in [3.05, 3.63) is 48.0 Å². The maximum atomic E-state index is 11.4. The SMILES string of the molecule is COC(=O)c1ccc(-c2cc[c]c(OC)c2OC)cc1. The lowest BCUT2D eigenvalue weighted by atomic mass is 10.0. The number of methoxy groups -OCH3 is 3. The Kier molecular flexibility index (Phi) is 4.25. The number of esters is 1. The molecule has 0 aliphatic carbocycles. The van der Waals surface area contributed by atoms with Crippen molar-refractivity contribution in [2.75, 3.05) is 21.3 Å². The van der Waals surface area contributed by atoms with Gasteiger partial charge in [-0.05, 0) is 29.8 Å². The molecule has 2 rings (SSSR count). The van der Waals surface area contributed by atoms with E-state index in [0.29, 0.717) is 17.1 Å². The van der Waals surface area contributed by atoms with Gasteiger partial charge in [-0.1, -0.05) is 12.1 Å². The van der Waals surface area contributed by atoms with Crippen LogP contribution in [0, 0.1) is 6.07 Å². The van der Waals surface area contributed by atoms with Gasteiger partial charge in [-0.25, -0.2) is 4.79 Å². The summed E-state index contributed by atoms with van der Waals surface area (Å²) in [6, 6.07) is 13.7. The highest BCUT2D eigenvalue weighted by Gasteiger charge is 2.12. The summed E-state index contributed by atoms with van der Waals surface area (Å²) in [5.41, 5.74) is 2.30. The van der Waals surface area contributed by atoms with Gasteiger partial charge in [-0.2, -0.15) is 0 Å². The van der Waals surface area contributed by atoms with Crippen molar-refractivity contribution in [2.45, 2.75) is 0 Å². The first-order valence-corrected chi connectivity index (χ1v) is 6.02. The van der Waals surface area contributed by atoms with Gasteiger partial charge in [-0.3, -0.25) is 0 Å². The Morgan fingerprint density at radius 2 is 1.70 bits per heavy atom. The maximum absolute atomic E-state index is 11.4. The van der Waals surface area contributed by atoms with Gasteiger partial charge in [0.2, 0.25) is 0 Å². The molecule has 0 saturated carbocycles. The van der Waals surface area contributed by atoms with E-state index in [0.717, 1.165) is 11.1 Å². The zero-order chi connectivity index (χ0) is 14.5. The Hall–Kier alpha value is -2.49. The third-order valence-corrected chi connectivity index (χ3v) is 2.94. The predicted octanol–water partition coefficient (Wildman–Crippen LogP) is 2.96. The molecule has 2 aromatic carbocycles. The van der Waals surface area contributed by atoms with Crippen molar-refractivity contribution in [2.24, 2.45) is 0 Å². The summed E-state index contributed by atoms with van der Waals surface area (Å²) in [5.74, 6) is 0.797. The summed E-state index contributed by atoms with van der Waals surface area (Å²) in [5, 5.41) is 0. The van der Waals surface area contributed by atoms with E-state index < -0.39 is 0 Å². The number of rotatable bonds is 4. The third-order valence-electron chi connectivity index (χ3n) is 2.94. The monoisotopic (exact) mass is 271 g/mol. The van der Waals surface area contributed by atoms with Gasteiger partial charge in [0, 0.05) is 11.6 Å². The number of hydrogen-bond donors (Lipinski definition) is 0. The molecule has 103 valence electrons. The molecule has 0 fully saturated rings. The minimum Gasteiger partial charge on any atom is -0.492 e. The molecule has 2 aromatic rings. The zero-order valence-corrected chi connectivity index (χ0v) is 11.6. The van der Waals surface area contributed by atoms with Crippen LogP contribution in [0.3, 0.4) is 0 Å². The van der Waals surface area contributed by atoms with E-state index in [1.807, 2.05) is 18.2 Å². The van der Waals surface area contributed by atoms with Crippen LogP contribution in [0.5, 0.6) is 11.5 Å². The Labute approximate surface area is 117 Å². The van der Waals surface area contributed by atoms with Gasteiger partial charge in [0.05, 0.1) is 26.9 Å². The molecule has 0 saturated heterocycles. The van der Waals surface area contributed by atoms with Crippen LogP contribution in [0.4, 0.5) is 0 Å². The molecular weight excluding hydrogens is 256 g/mol. The summed E-state index contributed by atoms with van der Waals surface area (Å²) >= 11 is 0. The van der Waals surface area contributed by atoms with Gasteiger partial charge >= 0.3 is 5.97 Å². The Bertz CT molecular complexity index is 602. The van der Waals surface area contributed by atoms with Crippen LogP contribution < -0.4 is 9.47 Å². The quantitative estimate of drug-likeness (QED) is 0.802. The van der Waals surface area contributed by atoms with Crippen LogP contribution in [0.1, 0.15) is 10.4 Å². The molecule has 20 heavy (non-hydrogen) atoms. The van der Waals surface area contributed by atoms with Crippen LogP contribution >= 0.6 is 0 Å². The smallest absolute Gasteiger partial charge is 0.337 e. The lowest BCUT2D eigenvalue weighted by Gasteiger charge is -2.12. The summed E-state index contributed by atoms with van der Waals surface area (Å²) < 4.78 is 15.3. The van der Waals surface area contributed by atoms with Crippen molar-refractivity contribution in [3.63, 3.8) is 0 Å². The molecule has 0 atom stereocenters. The molecule has 4 nitrogen and oxygen atoms in total. The lowest BCUT2D eigenvalue weighted by Crippen LogP contribution is -2.00. The van der Waals surface area contributed by atoms with Crippen molar-refractivity contribution in [3.8, 4) is 22.6 Å². The first-order valence-electron chi connectivity index (χ1n) is 6.02. The van der Waals surface area contributed by atoms with E-state index in [2.05, 4.69) is 10.8 Å². The van der Waals surface area contributed by atoms with E-state index in [1.165, 1.54) is 7.11 Å². The summed E-state index contributed by atoms with van der Waals surface area (Å²) in [7, 11) is 4.51. The van der Waals surface area contributed by atoms with Gasteiger partial charge < -0.3 is 14.2 Å². The average Bonchev–Trinajstić information content (AvgIpc) is 2.53. The molecule has 1 radical (unpaired) electrons. The number of benzene rings is 2. The fraction of sp³-hybridized carbons (Fsp3) is 0.188. The minimum atomic E-state index is -0.359. The second kappa shape index (κ2) is 6.10. The van der Waals surface area contributed by atoms with E-state index >= 15 is 0 Å². The van der Waals surface area contributed by atoms with Crippen LogP contribution in [-0.2, 0) is 4.74 Å². The normalized spacial score (nSPS) is 9.95. The maximum Gasteiger partial charge on any atom is 0.337 e. The molecule has 4 heteroatoms. The molecule has 0 N–H and O–H groups in total. The molecule has 0 aliphatic rings. The largest absolute Gasteiger partial charge is 0.492 e. The Balaban J connectivity index is 2.44. The van der Waals surface area contributed by atoms with Gasteiger partial charge in [0.15, 0.2) is 11.5 Å². The van der Waals surface area contributed by atoms with Crippen molar-refractivity contribution in [1.82, 2.24) is 0 Å². The molecule has 0 heterocycles. The van der Waals surface area contributed by atoms with Gasteiger partial charge in [-0.15, -0.1) is 0 Å². The molecule has 0 bridgehead atoms.